The fourth-order valence-electron chi connectivity index (χ4n) is 1.17. The molecule has 0 unspecified atom stereocenters. The van der Waals surface area contributed by atoms with Crippen molar-refractivity contribution in [2.24, 2.45) is 16.2 Å². The summed E-state index contributed by atoms with van der Waals surface area (Å²) in [6, 6.07) is 0. The van der Waals surface area contributed by atoms with Crippen LogP contribution in [0.25, 0.3) is 0 Å². The van der Waals surface area contributed by atoms with Crippen LogP contribution < -0.4 is 0 Å². The molecule has 0 bridgehead atoms. The Balaban J connectivity index is 5.21. The van der Waals surface area contributed by atoms with Crippen LogP contribution in [0.2, 0.25) is 0 Å². The first-order valence-electron chi connectivity index (χ1n) is 6.74. The minimum atomic E-state index is 0.0537. The molecule has 0 aromatic rings. The fraction of sp³-hybridized carbons (Fsp3) is 0.667. The van der Waals surface area contributed by atoms with Crippen molar-refractivity contribution in [1.29, 1.82) is 0 Å². The third-order valence-electron chi connectivity index (χ3n) is 2.24. The van der Waals surface area contributed by atoms with Gasteiger partial charge in [0.25, 0.3) is 0 Å². The summed E-state index contributed by atoms with van der Waals surface area (Å²) in [4.78, 5) is 0. The quantitative estimate of drug-likeness (QED) is 0.416. The van der Waals surface area contributed by atoms with Crippen LogP contribution in [0.5, 0.6) is 0 Å². The Hall–Kier alpha value is -0.960. The van der Waals surface area contributed by atoms with E-state index < -0.39 is 0 Å². The van der Waals surface area contributed by atoms with E-state index in [0.29, 0.717) is 0 Å². The lowest BCUT2D eigenvalue weighted by Gasteiger charge is -2.19. The third-order valence-corrected chi connectivity index (χ3v) is 2.24. The Bertz CT molecular complexity index is 373. The molecule has 0 saturated heterocycles. The van der Waals surface area contributed by atoms with Gasteiger partial charge in [-0.15, -0.1) is 0 Å². The van der Waals surface area contributed by atoms with Gasteiger partial charge in [-0.1, -0.05) is 71.6 Å². The normalized spacial score (nSPS) is 14.6. The summed E-state index contributed by atoms with van der Waals surface area (Å²) in [5.74, 6) is 6.67. The monoisotopic (exact) mass is 246 g/mol. The second kappa shape index (κ2) is 5.79. The average Bonchev–Trinajstić information content (AvgIpc) is 2.04. The van der Waals surface area contributed by atoms with Gasteiger partial charge < -0.3 is 0 Å². The van der Waals surface area contributed by atoms with E-state index in [-0.39, 0.29) is 16.2 Å². The molecule has 0 aliphatic rings. The summed E-state index contributed by atoms with van der Waals surface area (Å²) in [6.45, 7) is 19.7. The van der Waals surface area contributed by atoms with Gasteiger partial charge in [0.2, 0.25) is 0 Å². The van der Waals surface area contributed by atoms with Gasteiger partial charge in [-0.3, -0.25) is 0 Å². The Kier molecular flexibility index (Phi) is 5.48. The van der Waals surface area contributed by atoms with E-state index in [1.54, 1.807) is 0 Å². The molecule has 0 saturated carbocycles. The minimum Gasteiger partial charge on any atom is -0.0923 e. The van der Waals surface area contributed by atoms with Crippen molar-refractivity contribution < 1.29 is 0 Å². The molecule has 0 aromatic heterocycles. The first-order chi connectivity index (χ1) is 7.81. The molecule has 0 atom stereocenters. The highest BCUT2D eigenvalue weighted by molar-refractivity contribution is 5.37. The van der Waals surface area contributed by atoms with Gasteiger partial charge in [-0.25, -0.2) is 0 Å². The van der Waals surface area contributed by atoms with Crippen molar-refractivity contribution in [3.05, 3.63) is 23.8 Å². The number of rotatable bonds is 1. The molecule has 0 fully saturated rings. The van der Waals surface area contributed by atoms with Crippen molar-refractivity contribution in [3.8, 4) is 11.8 Å². The summed E-state index contributed by atoms with van der Waals surface area (Å²) in [7, 11) is 0. The van der Waals surface area contributed by atoms with Gasteiger partial charge in [-0.2, -0.15) is 0 Å². The van der Waals surface area contributed by atoms with Crippen LogP contribution in [0.4, 0.5) is 0 Å². The van der Waals surface area contributed by atoms with Crippen molar-refractivity contribution in [1.82, 2.24) is 0 Å². The van der Waals surface area contributed by atoms with Gasteiger partial charge in [0.05, 0.1) is 0 Å². The predicted octanol–water partition coefficient (Wildman–Crippen LogP) is 5.61. The zero-order valence-corrected chi connectivity index (χ0v) is 13.7. The van der Waals surface area contributed by atoms with E-state index in [0.717, 1.165) is 0 Å². The topological polar surface area (TPSA) is 0 Å². The molecule has 0 spiro atoms. The van der Waals surface area contributed by atoms with Gasteiger partial charge in [0.15, 0.2) is 0 Å². The Morgan fingerprint density at radius 1 is 0.833 bits per heavy atom. The van der Waals surface area contributed by atoms with Crippen LogP contribution in [-0.2, 0) is 0 Å². The van der Waals surface area contributed by atoms with Crippen LogP contribution >= 0.6 is 0 Å². The van der Waals surface area contributed by atoms with E-state index in [2.05, 4.69) is 92.4 Å². The maximum Gasteiger partial charge on any atom is 0.0233 e. The van der Waals surface area contributed by atoms with E-state index >= 15 is 0 Å². The lowest BCUT2D eigenvalue weighted by atomic mass is 9.85. The molecule has 0 nitrogen and oxygen atoms in total. The van der Waals surface area contributed by atoms with Crippen molar-refractivity contribution in [2.75, 3.05) is 0 Å². The van der Waals surface area contributed by atoms with Gasteiger partial charge in [-0.05, 0) is 31.6 Å². The standard InChI is InChI=1S/C18H30/c1-16(2,3)13-10-11-15(18(7,8)9)12-14-17(4,5)6/h10-11,13H,1-9H3/b13-10+,15-11-. The maximum absolute atomic E-state index is 3.35. The molecule has 0 aromatic carbocycles. The second-order valence-electron chi connectivity index (χ2n) is 8.06. The predicted molar refractivity (Wildman–Crippen MR) is 83.4 cm³/mol. The summed E-state index contributed by atoms with van der Waals surface area (Å²) >= 11 is 0. The molecule has 18 heavy (non-hydrogen) atoms. The summed E-state index contributed by atoms with van der Waals surface area (Å²) in [6.07, 6.45) is 6.51. The molecular formula is C18H30. The maximum atomic E-state index is 3.35. The highest BCUT2D eigenvalue weighted by atomic mass is 14.2. The molecule has 0 heteroatoms. The van der Waals surface area contributed by atoms with E-state index in [9.17, 15) is 0 Å². The Morgan fingerprint density at radius 3 is 1.67 bits per heavy atom. The van der Waals surface area contributed by atoms with Crippen molar-refractivity contribution in [3.63, 3.8) is 0 Å². The van der Waals surface area contributed by atoms with Gasteiger partial charge in [0, 0.05) is 11.0 Å². The first-order valence-corrected chi connectivity index (χ1v) is 6.74. The SMILES string of the molecule is CC(C)(C)C#C/C(=C/C=C/C(C)(C)C)C(C)(C)C. The van der Waals surface area contributed by atoms with E-state index in [1.165, 1.54) is 5.57 Å². The Labute approximate surface area is 115 Å². The largest absolute Gasteiger partial charge is 0.0923 e. The number of hydrogen-bond donors (Lipinski definition) is 0. The van der Waals surface area contributed by atoms with Crippen LogP contribution in [0.3, 0.4) is 0 Å². The minimum absolute atomic E-state index is 0.0537. The molecule has 102 valence electrons. The van der Waals surface area contributed by atoms with Crippen molar-refractivity contribution >= 4 is 0 Å². The van der Waals surface area contributed by atoms with Crippen molar-refractivity contribution in [2.45, 2.75) is 62.3 Å². The molecule has 0 N–H and O–H groups in total. The van der Waals surface area contributed by atoms with Crippen LogP contribution in [0.15, 0.2) is 23.8 Å². The summed E-state index contributed by atoms with van der Waals surface area (Å²) < 4.78 is 0. The van der Waals surface area contributed by atoms with E-state index in [4.69, 9.17) is 0 Å². The lowest BCUT2D eigenvalue weighted by molar-refractivity contribution is 0.518. The van der Waals surface area contributed by atoms with Crippen LogP contribution in [0, 0.1) is 28.1 Å². The highest BCUT2D eigenvalue weighted by Crippen LogP contribution is 2.26. The van der Waals surface area contributed by atoms with E-state index in [1.807, 2.05) is 0 Å². The van der Waals surface area contributed by atoms with Gasteiger partial charge >= 0.3 is 0 Å². The smallest absolute Gasteiger partial charge is 0.0233 e. The number of hydrogen-bond acceptors (Lipinski definition) is 0. The third kappa shape index (κ3) is 9.11. The van der Waals surface area contributed by atoms with Crippen LogP contribution in [0.1, 0.15) is 62.3 Å². The fourth-order valence-corrected chi connectivity index (χ4v) is 1.17. The zero-order valence-electron chi connectivity index (χ0n) is 13.7. The molecule has 0 aliphatic carbocycles. The summed E-state index contributed by atoms with van der Waals surface area (Å²) in [5.41, 5.74) is 1.56. The second-order valence-corrected chi connectivity index (χ2v) is 8.06. The zero-order chi connectivity index (χ0) is 14.6. The summed E-state index contributed by atoms with van der Waals surface area (Å²) in [5, 5.41) is 0. The first kappa shape index (κ1) is 17.0. The molecule has 0 heterocycles. The molecule has 0 aliphatic heterocycles. The Morgan fingerprint density at radius 2 is 1.33 bits per heavy atom. The molecule has 0 rings (SSSR count). The average molecular weight is 246 g/mol. The molecular weight excluding hydrogens is 216 g/mol. The molecule has 0 amide bonds. The number of allylic oxidation sites excluding steroid dienone is 4. The lowest BCUT2D eigenvalue weighted by Crippen LogP contribution is -2.09. The highest BCUT2D eigenvalue weighted by Gasteiger charge is 2.15. The molecule has 0 radical (unpaired) electrons. The van der Waals surface area contributed by atoms with Gasteiger partial charge in [0.1, 0.15) is 0 Å². The van der Waals surface area contributed by atoms with Crippen LogP contribution in [-0.4, -0.2) is 0 Å².